The lowest BCUT2D eigenvalue weighted by atomic mass is 10.2. The molecule has 0 aliphatic carbocycles. The van der Waals surface area contributed by atoms with Gasteiger partial charge in [-0.1, -0.05) is 30.3 Å². The Bertz CT molecular complexity index is 1130. The van der Waals surface area contributed by atoms with E-state index >= 15 is 0 Å². The van der Waals surface area contributed by atoms with Crippen LogP contribution in [0, 0.1) is 6.92 Å². The summed E-state index contributed by atoms with van der Waals surface area (Å²) in [5, 5.41) is 18.2. The molecule has 3 aromatic rings. The Morgan fingerprint density at radius 3 is 2.31 bits per heavy atom. The second-order valence-corrected chi connectivity index (χ2v) is 9.45. The number of benzene rings is 3. The van der Waals surface area contributed by atoms with E-state index in [-0.39, 0.29) is 17.2 Å². The van der Waals surface area contributed by atoms with E-state index in [2.05, 4.69) is 26.2 Å². The topological polar surface area (TPSA) is 82.3 Å². The van der Waals surface area contributed by atoms with Gasteiger partial charge in [-0.2, -0.15) is 9.42 Å². The molecule has 0 heterocycles. The predicted octanol–water partition coefficient (Wildman–Crippen LogP) is 5.70. The van der Waals surface area contributed by atoms with Crippen LogP contribution in [0.3, 0.4) is 0 Å². The van der Waals surface area contributed by atoms with Crippen molar-refractivity contribution in [1.29, 1.82) is 0 Å². The number of phenolic OH excluding ortho intramolecular Hbond substituents is 1. The van der Waals surface area contributed by atoms with Gasteiger partial charge in [0.25, 0.3) is 0 Å². The Kier molecular flexibility index (Phi) is 6.46. The quantitative estimate of drug-likeness (QED) is 0.466. The Morgan fingerprint density at radius 1 is 1.00 bits per heavy atom. The van der Waals surface area contributed by atoms with E-state index in [9.17, 15) is 13.5 Å². The van der Waals surface area contributed by atoms with Gasteiger partial charge in [0.2, 0.25) is 10.0 Å². The number of aryl methyl sites for hydroxylation is 1. The van der Waals surface area contributed by atoms with Crippen LogP contribution in [0.5, 0.6) is 5.75 Å². The zero-order valence-corrected chi connectivity index (χ0v) is 18.4. The van der Waals surface area contributed by atoms with Gasteiger partial charge in [-0.15, -0.1) is 5.11 Å². The van der Waals surface area contributed by atoms with E-state index in [0.717, 1.165) is 11.1 Å². The van der Waals surface area contributed by atoms with Crippen LogP contribution in [0.1, 0.15) is 11.1 Å². The molecule has 0 saturated carbocycles. The Balaban J connectivity index is 1.77. The molecule has 0 unspecified atom stereocenters. The van der Waals surface area contributed by atoms with E-state index in [1.54, 1.807) is 31.3 Å². The fourth-order valence-corrected chi connectivity index (χ4v) is 4.42. The molecule has 1 N–H and O–H groups in total. The fraction of sp³-hybridized carbons (Fsp3) is 0.143. The van der Waals surface area contributed by atoms with Crippen LogP contribution < -0.4 is 0 Å². The van der Waals surface area contributed by atoms with Crippen molar-refractivity contribution in [2.75, 3.05) is 7.05 Å². The second-order valence-electron chi connectivity index (χ2n) is 6.56. The number of halogens is 1. The molecule has 0 bridgehead atoms. The summed E-state index contributed by atoms with van der Waals surface area (Å²) in [6, 6.07) is 19.0. The molecule has 0 aromatic heterocycles. The third-order valence-electron chi connectivity index (χ3n) is 4.25. The molecule has 0 fully saturated rings. The molecule has 0 saturated heterocycles. The number of phenols is 1. The summed E-state index contributed by atoms with van der Waals surface area (Å²) >= 11 is 3.27. The zero-order valence-electron chi connectivity index (χ0n) is 15.9. The largest absolute Gasteiger partial charge is 0.505 e. The van der Waals surface area contributed by atoms with Gasteiger partial charge in [-0.25, -0.2) is 8.42 Å². The third kappa shape index (κ3) is 5.09. The van der Waals surface area contributed by atoms with Crippen LogP contribution in [-0.2, 0) is 16.6 Å². The minimum Gasteiger partial charge on any atom is -0.505 e. The lowest BCUT2D eigenvalue weighted by molar-refractivity contribution is 0.466. The summed E-state index contributed by atoms with van der Waals surface area (Å²) in [4.78, 5) is 0.177. The van der Waals surface area contributed by atoms with Crippen LogP contribution in [0.25, 0.3) is 0 Å². The highest BCUT2D eigenvalue weighted by Gasteiger charge is 2.20. The van der Waals surface area contributed by atoms with Gasteiger partial charge < -0.3 is 5.11 Å². The third-order valence-corrected chi connectivity index (χ3v) is 6.68. The minimum atomic E-state index is -3.62. The van der Waals surface area contributed by atoms with Crippen molar-refractivity contribution in [1.82, 2.24) is 4.31 Å². The molecule has 6 nitrogen and oxygen atoms in total. The number of aromatic hydroxyl groups is 1. The molecule has 0 aliphatic rings. The number of hydrogen-bond donors (Lipinski definition) is 1. The van der Waals surface area contributed by atoms with Gasteiger partial charge in [0.15, 0.2) is 5.75 Å². The van der Waals surface area contributed by atoms with Crippen LogP contribution in [0.4, 0.5) is 11.4 Å². The Labute approximate surface area is 178 Å². The van der Waals surface area contributed by atoms with E-state index in [1.807, 2.05) is 37.3 Å². The summed E-state index contributed by atoms with van der Waals surface area (Å²) in [7, 11) is -2.07. The number of rotatable bonds is 6. The summed E-state index contributed by atoms with van der Waals surface area (Å²) < 4.78 is 27.4. The van der Waals surface area contributed by atoms with Crippen molar-refractivity contribution < 1.29 is 13.5 Å². The molecular formula is C21H20BrN3O3S. The smallest absolute Gasteiger partial charge is 0.243 e. The molecule has 3 rings (SSSR count). The maximum absolute atomic E-state index is 12.8. The highest BCUT2D eigenvalue weighted by atomic mass is 79.9. The van der Waals surface area contributed by atoms with Gasteiger partial charge in [0.1, 0.15) is 5.69 Å². The van der Waals surface area contributed by atoms with E-state index < -0.39 is 10.0 Å². The van der Waals surface area contributed by atoms with Crippen molar-refractivity contribution in [2.24, 2.45) is 10.2 Å². The molecule has 8 heteroatoms. The first kappa shape index (κ1) is 21.2. The van der Waals surface area contributed by atoms with Gasteiger partial charge in [-0.05, 0) is 70.4 Å². The zero-order chi connectivity index (χ0) is 21.0. The van der Waals surface area contributed by atoms with Gasteiger partial charge in [0.05, 0.1) is 15.1 Å². The van der Waals surface area contributed by atoms with Crippen molar-refractivity contribution in [3.8, 4) is 5.75 Å². The van der Waals surface area contributed by atoms with Crippen LogP contribution in [0.15, 0.2) is 86.3 Å². The average molecular weight is 474 g/mol. The molecule has 0 spiro atoms. The number of azo groups is 1. The molecule has 150 valence electrons. The maximum atomic E-state index is 12.8. The summed E-state index contributed by atoms with van der Waals surface area (Å²) in [6.45, 7) is 2.17. The van der Waals surface area contributed by atoms with Gasteiger partial charge >= 0.3 is 0 Å². The first-order valence-electron chi connectivity index (χ1n) is 8.78. The summed E-state index contributed by atoms with van der Waals surface area (Å²) in [5.74, 6) is 0.00100. The Hall–Kier alpha value is -2.55. The lowest BCUT2D eigenvalue weighted by Gasteiger charge is -2.17. The van der Waals surface area contributed by atoms with Gasteiger partial charge in [0, 0.05) is 13.6 Å². The molecule has 0 atom stereocenters. The maximum Gasteiger partial charge on any atom is 0.243 e. The number of sulfonamides is 1. The van der Waals surface area contributed by atoms with Crippen molar-refractivity contribution >= 4 is 37.3 Å². The van der Waals surface area contributed by atoms with Gasteiger partial charge in [-0.3, -0.25) is 0 Å². The highest BCUT2D eigenvalue weighted by Crippen LogP contribution is 2.36. The van der Waals surface area contributed by atoms with E-state index in [0.29, 0.717) is 15.8 Å². The number of hydrogen-bond acceptors (Lipinski definition) is 5. The standard InChI is InChI=1S/C21H20BrN3O3S/c1-15-12-19(22)21(26)20(13-15)24-23-17-8-10-18(11-9-17)29(27,28)25(2)14-16-6-4-3-5-7-16/h3-13,26H,14H2,1-2H3. The fourth-order valence-electron chi connectivity index (χ4n) is 2.69. The van der Waals surface area contributed by atoms with Crippen molar-refractivity contribution in [2.45, 2.75) is 18.4 Å². The molecular weight excluding hydrogens is 454 g/mol. The normalized spacial score (nSPS) is 12.0. The first-order valence-corrected chi connectivity index (χ1v) is 11.0. The molecule has 29 heavy (non-hydrogen) atoms. The van der Waals surface area contributed by atoms with Crippen molar-refractivity contribution in [3.63, 3.8) is 0 Å². The Morgan fingerprint density at radius 2 is 1.66 bits per heavy atom. The SMILES string of the molecule is Cc1cc(Br)c(O)c(N=Nc2ccc(S(=O)(=O)N(C)Cc3ccccc3)cc2)c1. The van der Waals surface area contributed by atoms with Crippen molar-refractivity contribution in [3.05, 3.63) is 82.3 Å². The van der Waals surface area contributed by atoms with Crippen LogP contribution in [0.2, 0.25) is 0 Å². The lowest BCUT2D eigenvalue weighted by Crippen LogP contribution is -2.26. The highest BCUT2D eigenvalue weighted by molar-refractivity contribution is 9.10. The average Bonchev–Trinajstić information content (AvgIpc) is 2.70. The van der Waals surface area contributed by atoms with Crippen LogP contribution in [-0.4, -0.2) is 24.9 Å². The second kappa shape index (κ2) is 8.86. The van der Waals surface area contributed by atoms with Crippen LogP contribution >= 0.6 is 15.9 Å². The minimum absolute atomic E-state index is 0.00100. The monoisotopic (exact) mass is 473 g/mol. The summed E-state index contributed by atoms with van der Waals surface area (Å²) in [6.07, 6.45) is 0. The van der Waals surface area contributed by atoms with E-state index in [1.165, 1.54) is 16.4 Å². The number of nitrogens with zero attached hydrogens (tertiary/aromatic N) is 3. The predicted molar refractivity (Wildman–Crippen MR) is 116 cm³/mol. The van der Waals surface area contributed by atoms with E-state index in [4.69, 9.17) is 0 Å². The molecule has 0 amide bonds. The first-order chi connectivity index (χ1) is 13.8. The summed E-state index contributed by atoms with van der Waals surface area (Å²) in [5.41, 5.74) is 2.64. The molecule has 3 aromatic carbocycles. The molecule has 0 aliphatic heterocycles. The molecule has 0 radical (unpaired) electrons.